The zero-order chi connectivity index (χ0) is 15.3. The van der Waals surface area contributed by atoms with Gasteiger partial charge < -0.3 is 10.6 Å². The maximum Gasteiger partial charge on any atom is 0.319 e. The number of nitrogens with one attached hydrogen (secondary N) is 2. The van der Waals surface area contributed by atoms with Gasteiger partial charge in [0.1, 0.15) is 0 Å². The fraction of sp³-hybridized carbons (Fsp3) is 0.154. The summed E-state index contributed by atoms with van der Waals surface area (Å²) in [6.07, 6.45) is 0.773. The molecule has 2 amide bonds. The first-order valence-corrected chi connectivity index (χ1v) is 8.58. The van der Waals surface area contributed by atoms with E-state index >= 15 is 0 Å². The summed E-state index contributed by atoms with van der Waals surface area (Å²) in [5.41, 5.74) is 0.496. The molecule has 0 saturated heterocycles. The van der Waals surface area contributed by atoms with E-state index in [2.05, 4.69) is 10.6 Å². The fourth-order valence-corrected chi connectivity index (χ4v) is 2.88. The molecule has 112 valence electrons. The Bertz CT molecular complexity index is 695. The van der Waals surface area contributed by atoms with Crippen LogP contribution in [-0.4, -0.2) is 21.0 Å². The molecule has 6 nitrogen and oxygen atoms in total. The third kappa shape index (κ3) is 4.85. The van der Waals surface area contributed by atoms with Crippen molar-refractivity contribution in [3.8, 4) is 0 Å². The number of amides is 2. The van der Waals surface area contributed by atoms with Gasteiger partial charge >= 0.3 is 6.03 Å². The van der Waals surface area contributed by atoms with Crippen LogP contribution in [0.1, 0.15) is 4.88 Å². The Morgan fingerprint density at radius 2 is 1.90 bits per heavy atom. The van der Waals surface area contributed by atoms with Crippen molar-refractivity contribution in [3.63, 3.8) is 0 Å². The molecule has 0 bridgehead atoms. The molecule has 1 aromatic carbocycles. The second-order valence-electron chi connectivity index (χ2n) is 4.28. The van der Waals surface area contributed by atoms with Crippen molar-refractivity contribution in [1.82, 2.24) is 5.32 Å². The quantitative estimate of drug-likeness (QED) is 0.780. The first-order valence-electron chi connectivity index (χ1n) is 6.15. The molecular weight excluding hydrogens is 310 g/mol. The van der Waals surface area contributed by atoms with Gasteiger partial charge in [0.15, 0.2) is 0 Å². The van der Waals surface area contributed by atoms with E-state index in [-0.39, 0.29) is 10.9 Å². The number of nitrogens with two attached hydrogens (primary N) is 1. The number of primary sulfonamides is 1. The van der Waals surface area contributed by atoms with E-state index in [0.29, 0.717) is 12.2 Å². The molecule has 0 radical (unpaired) electrons. The molecule has 1 aromatic heterocycles. The molecule has 0 atom stereocenters. The lowest BCUT2D eigenvalue weighted by molar-refractivity contribution is 0.252. The Labute approximate surface area is 127 Å². The molecule has 2 aromatic rings. The number of carbonyl (C=O) groups excluding carboxylic acids is 1. The molecule has 0 aliphatic rings. The second-order valence-corrected chi connectivity index (χ2v) is 6.87. The maximum absolute atomic E-state index is 11.7. The number of carbonyl (C=O) groups is 1. The third-order valence-electron chi connectivity index (χ3n) is 2.68. The molecule has 0 aliphatic heterocycles. The Hall–Kier alpha value is -1.90. The molecule has 0 unspecified atom stereocenters. The Balaban J connectivity index is 1.82. The van der Waals surface area contributed by atoms with Crippen molar-refractivity contribution in [2.75, 3.05) is 11.9 Å². The van der Waals surface area contributed by atoms with Crippen LogP contribution in [0.5, 0.6) is 0 Å². The van der Waals surface area contributed by atoms with Gasteiger partial charge in [-0.05, 0) is 42.1 Å². The van der Waals surface area contributed by atoms with Gasteiger partial charge in [0.2, 0.25) is 10.0 Å². The third-order valence-corrected chi connectivity index (χ3v) is 4.54. The van der Waals surface area contributed by atoms with Gasteiger partial charge in [-0.3, -0.25) is 0 Å². The predicted molar refractivity (Wildman–Crippen MR) is 82.9 cm³/mol. The molecule has 0 aliphatic carbocycles. The van der Waals surface area contributed by atoms with Crippen LogP contribution in [0.4, 0.5) is 10.5 Å². The minimum Gasteiger partial charge on any atom is -0.338 e. The molecule has 2 rings (SSSR count). The maximum atomic E-state index is 11.7. The summed E-state index contributed by atoms with van der Waals surface area (Å²) in [4.78, 5) is 12.9. The van der Waals surface area contributed by atoms with E-state index in [1.807, 2.05) is 17.5 Å². The van der Waals surface area contributed by atoms with Crippen molar-refractivity contribution in [2.45, 2.75) is 11.3 Å². The molecule has 0 saturated carbocycles. The summed E-state index contributed by atoms with van der Waals surface area (Å²) in [7, 11) is -3.71. The first-order chi connectivity index (χ1) is 9.95. The van der Waals surface area contributed by atoms with E-state index in [4.69, 9.17) is 5.14 Å². The second kappa shape index (κ2) is 6.70. The Morgan fingerprint density at radius 3 is 2.48 bits per heavy atom. The summed E-state index contributed by atoms with van der Waals surface area (Å²) in [6.45, 7) is 0.529. The number of sulfonamides is 1. The number of thiophene rings is 1. The zero-order valence-electron chi connectivity index (χ0n) is 11.1. The molecule has 0 spiro atoms. The van der Waals surface area contributed by atoms with Gasteiger partial charge in [-0.15, -0.1) is 11.3 Å². The summed E-state index contributed by atoms with van der Waals surface area (Å²) < 4.78 is 22.2. The van der Waals surface area contributed by atoms with E-state index in [1.165, 1.54) is 29.1 Å². The van der Waals surface area contributed by atoms with Gasteiger partial charge in [0.25, 0.3) is 0 Å². The summed E-state index contributed by atoms with van der Waals surface area (Å²) in [5.74, 6) is 0. The topological polar surface area (TPSA) is 101 Å². The SMILES string of the molecule is NS(=O)(=O)c1ccc(NC(=O)NCCc2cccs2)cc1. The number of anilines is 1. The van der Waals surface area contributed by atoms with Gasteiger partial charge in [0.05, 0.1) is 4.90 Å². The molecule has 4 N–H and O–H groups in total. The van der Waals surface area contributed by atoms with Crippen LogP contribution >= 0.6 is 11.3 Å². The van der Waals surface area contributed by atoms with Crippen LogP contribution in [0, 0.1) is 0 Å². The number of rotatable bonds is 5. The van der Waals surface area contributed by atoms with E-state index < -0.39 is 10.0 Å². The van der Waals surface area contributed by atoms with Gasteiger partial charge in [-0.2, -0.15) is 0 Å². The van der Waals surface area contributed by atoms with Crippen molar-refractivity contribution in [3.05, 3.63) is 46.7 Å². The highest BCUT2D eigenvalue weighted by molar-refractivity contribution is 7.89. The first kappa shape index (κ1) is 15.5. The molecule has 8 heteroatoms. The van der Waals surface area contributed by atoms with Crippen molar-refractivity contribution in [1.29, 1.82) is 0 Å². The lowest BCUT2D eigenvalue weighted by Crippen LogP contribution is -2.30. The molecule has 0 fully saturated rings. The van der Waals surface area contributed by atoms with Gasteiger partial charge in [-0.25, -0.2) is 18.4 Å². The fourth-order valence-electron chi connectivity index (χ4n) is 1.66. The highest BCUT2D eigenvalue weighted by Gasteiger charge is 2.07. The van der Waals surface area contributed by atoms with E-state index in [0.717, 1.165) is 6.42 Å². The highest BCUT2D eigenvalue weighted by atomic mass is 32.2. The zero-order valence-corrected chi connectivity index (χ0v) is 12.7. The van der Waals surface area contributed by atoms with Gasteiger partial charge in [0, 0.05) is 17.1 Å². The average Bonchev–Trinajstić information content (AvgIpc) is 2.91. The number of benzene rings is 1. The van der Waals surface area contributed by atoms with Crippen LogP contribution < -0.4 is 15.8 Å². The summed E-state index contributed by atoms with van der Waals surface area (Å²) >= 11 is 1.64. The summed E-state index contributed by atoms with van der Waals surface area (Å²) in [5, 5.41) is 12.3. The Kier molecular flexibility index (Phi) is 4.94. The van der Waals surface area contributed by atoms with Gasteiger partial charge in [-0.1, -0.05) is 6.07 Å². The molecular formula is C13H15N3O3S2. The lowest BCUT2D eigenvalue weighted by Gasteiger charge is -2.07. The molecule has 21 heavy (non-hydrogen) atoms. The minimum absolute atomic E-state index is 0.00570. The number of urea groups is 1. The van der Waals surface area contributed by atoms with Crippen LogP contribution in [0.25, 0.3) is 0 Å². The lowest BCUT2D eigenvalue weighted by atomic mass is 10.3. The number of hydrogen-bond acceptors (Lipinski definition) is 4. The predicted octanol–water partition coefficient (Wildman–Crippen LogP) is 1.76. The highest BCUT2D eigenvalue weighted by Crippen LogP contribution is 2.12. The normalized spacial score (nSPS) is 11.1. The summed E-state index contributed by atoms with van der Waals surface area (Å²) in [6, 6.07) is 9.29. The van der Waals surface area contributed by atoms with Crippen LogP contribution in [-0.2, 0) is 16.4 Å². The largest absolute Gasteiger partial charge is 0.338 e. The monoisotopic (exact) mass is 325 g/mol. The van der Waals surface area contributed by atoms with Crippen molar-refractivity contribution < 1.29 is 13.2 Å². The van der Waals surface area contributed by atoms with Crippen molar-refractivity contribution in [2.24, 2.45) is 5.14 Å². The Morgan fingerprint density at radius 1 is 1.19 bits per heavy atom. The van der Waals surface area contributed by atoms with Crippen LogP contribution in [0.2, 0.25) is 0 Å². The minimum atomic E-state index is -3.71. The van der Waals surface area contributed by atoms with E-state index in [1.54, 1.807) is 11.3 Å². The molecule has 1 heterocycles. The smallest absolute Gasteiger partial charge is 0.319 e. The van der Waals surface area contributed by atoms with Crippen LogP contribution in [0.15, 0.2) is 46.7 Å². The average molecular weight is 325 g/mol. The van der Waals surface area contributed by atoms with E-state index in [9.17, 15) is 13.2 Å². The standard InChI is InChI=1S/C13H15N3O3S2/c14-21(18,19)12-5-3-10(4-6-12)16-13(17)15-8-7-11-2-1-9-20-11/h1-6,9H,7-8H2,(H2,14,18,19)(H2,15,16,17). The van der Waals surface area contributed by atoms with Crippen LogP contribution in [0.3, 0.4) is 0 Å². The van der Waals surface area contributed by atoms with Crippen molar-refractivity contribution >= 4 is 33.1 Å². The number of hydrogen-bond donors (Lipinski definition) is 3.